The summed E-state index contributed by atoms with van der Waals surface area (Å²) in [5, 5.41) is 6.41. The molecule has 0 spiro atoms. The Bertz CT molecular complexity index is 812. The summed E-state index contributed by atoms with van der Waals surface area (Å²) in [6.45, 7) is 2.85. The third-order valence-electron chi connectivity index (χ3n) is 4.10. The van der Waals surface area contributed by atoms with Crippen LogP contribution >= 0.6 is 0 Å². The van der Waals surface area contributed by atoms with E-state index >= 15 is 0 Å². The molecule has 3 rings (SSSR count). The highest BCUT2D eigenvalue weighted by Crippen LogP contribution is 2.09. The van der Waals surface area contributed by atoms with Gasteiger partial charge in [-0.25, -0.2) is 9.59 Å². The number of anilines is 1. The number of rotatable bonds is 4. The molecular weight excluding hydrogens is 352 g/mol. The van der Waals surface area contributed by atoms with Crippen LogP contribution in [0.25, 0.3) is 0 Å². The maximum atomic E-state index is 12.2. The van der Waals surface area contributed by atoms with Gasteiger partial charge in [-0.15, -0.1) is 0 Å². The highest BCUT2D eigenvalue weighted by atomic mass is 16.6. The molecule has 2 aromatic rings. The zero-order valence-electron chi connectivity index (χ0n) is 14.9. The molecule has 1 saturated heterocycles. The van der Waals surface area contributed by atoms with Crippen molar-refractivity contribution in [2.45, 2.75) is 6.92 Å². The second-order valence-electron chi connectivity index (χ2n) is 6.07. The normalized spacial score (nSPS) is 14.0. The van der Waals surface area contributed by atoms with Gasteiger partial charge in [-0.3, -0.25) is 4.79 Å². The van der Waals surface area contributed by atoms with Crippen LogP contribution in [0.5, 0.6) is 0 Å². The van der Waals surface area contributed by atoms with Crippen molar-refractivity contribution in [2.75, 3.05) is 38.1 Å². The monoisotopic (exact) mass is 372 g/mol. The molecule has 1 aliphatic rings. The first kappa shape index (κ1) is 18.4. The predicted molar refractivity (Wildman–Crippen MR) is 95.1 cm³/mol. The van der Waals surface area contributed by atoms with E-state index in [1.165, 1.54) is 6.07 Å². The van der Waals surface area contributed by atoms with Gasteiger partial charge in [-0.1, -0.05) is 23.4 Å². The standard InChI is InChI=1S/C18H20N4O5/c1-13-11-15(27-20-13)17(24)26-12-16(23)21-7-9-22(10-8-21)18(25)19-14-5-3-2-4-6-14/h2-6,11H,7-10,12H2,1H3,(H,19,25). The lowest BCUT2D eigenvalue weighted by atomic mass is 10.3. The van der Waals surface area contributed by atoms with Crippen LogP contribution in [0.1, 0.15) is 16.2 Å². The molecule has 27 heavy (non-hydrogen) atoms. The highest BCUT2D eigenvalue weighted by molar-refractivity contribution is 5.90. The van der Waals surface area contributed by atoms with Crippen LogP contribution in [0.15, 0.2) is 40.9 Å². The molecule has 0 unspecified atom stereocenters. The lowest BCUT2D eigenvalue weighted by molar-refractivity contribution is -0.135. The molecule has 0 aliphatic carbocycles. The van der Waals surface area contributed by atoms with E-state index < -0.39 is 5.97 Å². The Morgan fingerprint density at radius 2 is 1.78 bits per heavy atom. The van der Waals surface area contributed by atoms with Gasteiger partial charge in [0.05, 0.1) is 5.69 Å². The first-order valence-corrected chi connectivity index (χ1v) is 8.52. The van der Waals surface area contributed by atoms with E-state index in [1.54, 1.807) is 16.7 Å². The van der Waals surface area contributed by atoms with Gasteiger partial charge < -0.3 is 24.4 Å². The van der Waals surface area contributed by atoms with E-state index in [0.717, 1.165) is 5.69 Å². The van der Waals surface area contributed by atoms with Gasteiger partial charge in [0.2, 0.25) is 5.76 Å². The van der Waals surface area contributed by atoms with E-state index in [4.69, 9.17) is 9.26 Å². The van der Waals surface area contributed by atoms with Crippen molar-refractivity contribution in [2.24, 2.45) is 0 Å². The number of ether oxygens (including phenoxy) is 1. The molecule has 0 atom stereocenters. The quantitative estimate of drug-likeness (QED) is 0.816. The molecule has 0 radical (unpaired) electrons. The maximum Gasteiger partial charge on any atom is 0.377 e. The second kappa shape index (κ2) is 8.35. The van der Waals surface area contributed by atoms with Crippen LogP contribution in [0, 0.1) is 6.92 Å². The fourth-order valence-electron chi connectivity index (χ4n) is 2.63. The molecule has 0 saturated carbocycles. The van der Waals surface area contributed by atoms with E-state index in [9.17, 15) is 14.4 Å². The van der Waals surface area contributed by atoms with Gasteiger partial charge in [0.1, 0.15) is 0 Å². The summed E-state index contributed by atoms with van der Waals surface area (Å²) in [6.07, 6.45) is 0. The van der Waals surface area contributed by atoms with Crippen LogP contribution < -0.4 is 5.32 Å². The fraction of sp³-hybridized carbons (Fsp3) is 0.333. The van der Waals surface area contributed by atoms with Crippen molar-refractivity contribution >= 4 is 23.6 Å². The molecule has 1 aromatic heterocycles. The number of benzene rings is 1. The topological polar surface area (TPSA) is 105 Å². The van der Waals surface area contributed by atoms with Gasteiger partial charge in [0.25, 0.3) is 5.91 Å². The number of para-hydroxylation sites is 1. The minimum Gasteiger partial charge on any atom is -0.450 e. The van der Waals surface area contributed by atoms with E-state index in [2.05, 4.69) is 10.5 Å². The number of hydrogen-bond acceptors (Lipinski definition) is 6. The summed E-state index contributed by atoms with van der Waals surface area (Å²) in [7, 11) is 0. The van der Waals surface area contributed by atoms with Gasteiger partial charge >= 0.3 is 12.0 Å². The Kier molecular flexibility index (Phi) is 5.70. The molecule has 9 nitrogen and oxygen atoms in total. The molecular formula is C18H20N4O5. The van der Waals surface area contributed by atoms with Crippen LogP contribution in [-0.2, 0) is 9.53 Å². The summed E-state index contributed by atoms with van der Waals surface area (Å²) < 4.78 is 9.75. The number of hydrogen-bond donors (Lipinski definition) is 1. The zero-order chi connectivity index (χ0) is 19.2. The second-order valence-corrected chi connectivity index (χ2v) is 6.07. The van der Waals surface area contributed by atoms with Crippen molar-refractivity contribution in [1.82, 2.24) is 15.0 Å². The van der Waals surface area contributed by atoms with Crippen molar-refractivity contribution in [1.29, 1.82) is 0 Å². The third-order valence-corrected chi connectivity index (χ3v) is 4.10. The summed E-state index contributed by atoms with van der Waals surface area (Å²) in [6, 6.07) is 10.4. The molecule has 1 aliphatic heterocycles. The molecule has 142 valence electrons. The molecule has 1 aromatic carbocycles. The lowest BCUT2D eigenvalue weighted by Gasteiger charge is -2.34. The summed E-state index contributed by atoms with van der Waals surface area (Å²) in [5.41, 5.74) is 1.27. The van der Waals surface area contributed by atoms with Crippen LogP contribution in [0.4, 0.5) is 10.5 Å². The van der Waals surface area contributed by atoms with Crippen molar-refractivity contribution in [3.63, 3.8) is 0 Å². The Morgan fingerprint density at radius 1 is 1.11 bits per heavy atom. The first-order valence-electron chi connectivity index (χ1n) is 8.52. The summed E-state index contributed by atoms with van der Waals surface area (Å²) >= 11 is 0. The Morgan fingerprint density at radius 3 is 2.41 bits per heavy atom. The number of aryl methyl sites for hydroxylation is 1. The number of carbonyl (C=O) groups excluding carboxylic acids is 3. The number of esters is 1. The van der Waals surface area contributed by atoms with Gasteiger partial charge in [-0.2, -0.15) is 0 Å². The minimum absolute atomic E-state index is 0.0392. The summed E-state index contributed by atoms with van der Waals surface area (Å²) in [5.74, 6) is -1.09. The Labute approximate surface area is 155 Å². The maximum absolute atomic E-state index is 12.2. The number of nitrogens with one attached hydrogen (secondary N) is 1. The smallest absolute Gasteiger partial charge is 0.377 e. The number of urea groups is 1. The van der Waals surface area contributed by atoms with E-state index in [1.807, 2.05) is 30.3 Å². The zero-order valence-corrected chi connectivity index (χ0v) is 14.9. The number of nitrogens with zero attached hydrogens (tertiary/aromatic N) is 3. The number of carbonyl (C=O) groups is 3. The minimum atomic E-state index is -0.732. The average molecular weight is 372 g/mol. The Hall–Kier alpha value is -3.36. The van der Waals surface area contributed by atoms with Crippen LogP contribution in [-0.4, -0.2) is 65.6 Å². The molecule has 2 heterocycles. The van der Waals surface area contributed by atoms with Gasteiger partial charge in [0.15, 0.2) is 6.61 Å². The first-order chi connectivity index (χ1) is 13.0. The van der Waals surface area contributed by atoms with Crippen molar-refractivity contribution in [3.8, 4) is 0 Å². The average Bonchev–Trinajstić information content (AvgIpc) is 3.13. The van der Waals surface area contributed by atoms with E-state index in [0.29, 0.717) is 31.9 Å². The highest BCUT2D eigenvalue weighted by Gasteiger charge is 2.25. The number of piperazine rings is 1. The van der Waals surface area contributed by atoms with Gasteiger partial charge in [-0.05, 0) is 19.1 Å². The number of aromatic nitrogens is 1. The molecule has 1 fully saturated rings. The summed E-state index contributed by atoms with van der Waals surface area (Å²) in [4.78, 5) is 39.4. The molecule has 1 N–H and O–H groups in total. The molecule has 9 heteroatoms. The van der Waals surface area contributed by atoms with Crippen LogP contribution in [0.3, 0.4) is 0 Å². The van der Waals surface area contributed by atoms with E-state index in [-0.39, 0.29) is 24.3 Å². The third kappa shape index (κ3) is 4.84. The lowest BCUT2D eigenvalue weighted by Crippen LogP contribution is -2.52. The fourth-order valence-corrected chi connectivity index (χ4v) is 2.63. The largest absolute Gasteiger partial charge is 0.450 e. The van der Waals surface area contributed by atoms with Crippen LogP contribution in [0.2, 0.25) is 0 Å². The van der Waals surface area contributed by atoms with Gasteiger partial charge in [0, 0.05) is 37.9 Å². The van der Waals surface area contributed by atoms with Crippen molar-refractivity contribution < 1.29 is 23.6 Å². The SMILES string of the molecule is Cc1cc(C(=O)OCC(=O)N2CCN(C(=O)Nc3ccccc3)CC2)on1. The molecule has 3 amide bonds. The Balaban J connectivity index is 1.42. The van der Waals surface area contributed by atoms with Crippen molar-refractivity contribution in [3.05, 3.63) is 47.9 Å². The molecule has 0 bridgehead atoms. The predicted octanol–water partition coefficient (Wildman–Crippen LogP) is 1.52. The number of amides is 3.